The van der Waals surface area contributed by atoms with Gasteiger partial charge in [-0.2, -0.15) is 0 Å². The van der Waals surface area contributed by atoms with Crippen molar-refractivity contribution in [3.63, 3.8) is 0 Å². The molecule has 1 aromatic rings. The van der Waals surface area contributed by atoms with Crippen LogP contribution in [0.4, 0.5) is 5.69 Å². The second-order valence-corrected chi connectivity index (χ2v) is 4.88. The molecule has 0 aliphatic carbocycles. The predicted molar refractivity (Wildman–Crippen MR) is 65.3 cm³/mol. The number of hydrogen-bond acceptors (Lipinski definition) is 4. The number of hydrogen-bond donors (Lipinski definition) is 0. The van der Waals surface area contributed by atoms with Gasteiger partial charge in [-0.1, -0.05) is 0 Å². The minimum atomic E-state index is -0.0967. The first kappa shape index (κ1) is 11.0. The summed E-state index contributed by atoms with van der Waals surface area (Å²) in [6, 6.07) is 4.47. The second kappa shape index (κ2) is 3.96. The third-order valence-corrected chi connectivity index (χ3v) is 3.93. The van der Waals surface area contributed by atoms with Crippen molar-refractivity contribution < 1.29 is 9.47 Å². The quantitative estimate of drug-likeness (QED) is 0.735. The molecule has 2 saturated heterocycles. The summed E-state index contributed by atoms with van der Waals surface area (Å²) >= 11 is 0. The minimum Gasteiger partial charge on any atom is -0.375 e. The minimum absolute atomic E-state index is 0.0967. The third kappa shape index (κ3) is 1.63. The number of aromatic nitrogens is 1. The van der Waals surface area contributed by atoms with Crippen molar-refractivity contribution in [2.45, 2.75) is 25.5 Å². The lowest BCUT2D eigenvalue weighted by molar-refractivity contribution is -0.228. The number of aryl methyl sites for hydroxylation is 1. The highest BCUT2D eigenvalue weighted by atomic mass is 16.6. The molecule has 1 spiro atoms. The Bertz CT molecular complexity index is 418. The molecule has 0 N–H and O–H groups in total. The van der Waals surface area contributed by atoms with Crippen LogP contribution in [0.25, 0.3) is 0 Å². The molecule has 0 saturated carbocycles. The van der Waals surface area contributed by atoms with Crippen LogP contribution >= 0.6 is 0 Å². The molecular formula is C13H18N2O2. The van der Waals surface area contributed by atoms with Gasteiger partial charge in [0.25, 0.3) is 0 Å². The molecule has 4 nitrogen and oxygen atoms in total. The summed E-state index contributed by atoms with van der Waals surface area (Å²) in [6.45, 7) is 7.39. The lowest BCUT2D eigenvalue weighted by atomic mass is 9.90. The Morgan fingerprint density at radius 1 is 1.47 bits per heavy atom. The molecule has 2 fully saturated rings. The standard InChI is InChI=1S/C13H18N2O2/c1-10-12(4-3-5-14-10)15-6-7-17-13(11(15)2)8-16-9-13/h3-5,11H,6-9H2,1-2H3. The summed E-state index contributed by atoms with van der Waals surface area (Å²) in [5, 5.41) is 0. The summed E-state index contributed by atoms with van der Waals surface area (Å²) in [6.07, 6.45) is 1.84. The monoisotopic (exact) mass is 234 g/mol. The van der Waals surface area contributed by atoms with E-state index in [0.717, 1.165) is 18.8 Å². The molecule has 0 aromatic carbocycles. The molecule has 2 aliphatic rings. The second-order valence-electron chi connectivity index (χ2n) is 4.88. The fourth-order valence-corrected chi connectivity index (χ4v) is 2.68. The van der Waals surface area contributed by atoms with Crippen molar-refractivity contribution in [3.8, 4) is 0 Å². The zero-order valence-corrected chi connectivity index (χ0v) is 10.3. The summed E-state index contributed by atoms with van der Waals surface area (Å²) in [4.78, 5) is 6.76. The fourth-order valence-electron chi connectivity index (χ4n) is 2.68. The van der Waals surface area contributed by atoms with Crippen LogP contribution in [-0.4, -0.2) is 43.0 Å². The number of rotatable bonds is 1. The molecule has 92 valence electrons. The van der Waals surface area contributed by atoms with Gasteiger partial charge in [0.1, 0.15) is 5.60 Å². The number of pyridine rings is 1. The van der Waals surface area contributed by atoms with E-state index in [1.165, 1.54) is 5.69 Å². The maximum atomic E-state index is 5.92. The largest absolute Gasteiger partial charge is 0.375 e. The van der Waals surface area contributed by atoms with E-state index in [2.05, 4.69) is 29.8 Å². The number of ether oxygens (including phenoxy) is 2. The van der Waals surface area contributed by atoms with E-state index in [4.69, 9.17) is 9.47 Å². The average molecular weight is 234 g/mol. The van der Waals surface area contributed by atoms with Gasteiger partial charge in [0, 0.05) is 12.7 Å². The van der Waals surface area contributed by atoms with Crippen molar-refractivity contribution in [2.75, 3.05) is 31.3 Å². The molecule has 3 rings (SSSR count). The van der Waals surface area contributed by atoms with E-state index < -0.39 is 0 Å². The van der Waals surface area contributed by atoms with Crippen LogP contribution in [0.5, 0.6) is 0 Å². The number of nitrogens with zero attached hydrogens (tertiary/aromatic N) is 2. The first-order valence-electron chi connectivity index (χ1n) is 6.13. The van der Waals surface area contributed by atoms with Crippen LogP contribution in [0, 0.1) is 6.92 Å². The van der Waals surface area contributed by atoms with E-state index in [9.17, 15) is 0 Å². The molecule has 0 amide bonds. The highest BCUT2D eigenvalue weighted by Crippen LogP contribution is 2.35. The molecular weight excluding hydrogens is 216 g/mol. The van der Waals surface area contributed by atoms with E-state index in [1.54, 1.807) is 0 Å². The van der Waals surface area contributed by atoms with Gasteiger partial charge in [-0.05, 0) is 26.0 Å². The van der Waals surface area contributed by atoms with Crippen LogP contribution in [0.3, 0.4) is 0 Å². The fraction of sp³-hybridized carbons (Fsp3) is 0.615. The van der Waals surface area contributed by atoms with Gasteiger partial charge in [-0.25, -0.2) is 0 Å². The van der Waals surface area contributed by atoms with E-state index in [1.807, 2.05) is 12.3 Å². The highest BCUT2D eigenvalue weighted by Gasteiger charge is 2.49. The lowest BCUT2D eigenvalue weighted by Crippen LogP contribution is -2.68. The van der Waals surface area contributed by atoms with Crippen LogP contribution in [-0.2, 0) is 9.47 Å². The molecule has 3 heterocycles. The Balaban J connectivity index is 1.90. The molecule has 17 heavy (non-hydrogen) atoms. The van der Waals surface area contributed by atoms with Crippen molar-refractivity contribution in [2.24, 2.45) is 0 Å². The lowest BCUT2D eigenvalue weighted by Gasteiger charge is -2.53. The van der Waals surface area contributed by atoms with Gasteiger partial charge >= 0.3 is 0 Å². The van der Waals surface area contributed by atoms with Crippen LogP contribution in [0.1, 0.15) is 12.6 Å². The van der Waals surface area contributed by atoms with Gasteiger partial charge in [0.15, 0.2) is 0 Å². The smallest absolute Gasteiger partial charge is 0.134 e. The molecule has 0 radical (unpaired) electrons. The van der Waals surface area contributed by atoms with Gasteiger partial charge in [0.2, 0.25) is 0 Å². The van der Waals surface area contributed by atoms with Gasteiger partial charge < -0.3 is 14.4 Å². The molecule has 2 aliphatic heterocycles. The maximum Gasteiger partial charge on any atom is 0.134 e. The molecule has 4 heteroatoms. The maximum absolute atomic E-state index is 5.92. The molecule has 1 unspecified atom stereocenters. The molecule has 1 atom stereocenters. The molecule has 0 bridgehead atoms. The molecule has 1 aromatic heterocycles. The summed E-state index contributed by atoms with van der Waals surface area (Å²) < 4.78 is 11.3. The van der Waals surface area contributed by atoms with Gasteiger partial charge in [-0.3, -0.25) is 4.98 Å². The predicted octanol–water partition coefficient (Wildman–Crippen LogP) is 1.38. The van der Waals surface area contributed by atoms with E-state index >= 15 is 0 Å². The first-order valence-corrected chi connectivity index (χ1v) is 6.13. The summed E-state index contributed by atoms with van der Waals surface area (Å²) in [7, 11) is 0. The average Bonchev–Trinajstić information content (AvgIpc) is 2.28. The van der Waals surface area contributed by atoms with Crippen LogP contribution in [0.15, 0.2) is 18.3 Å². The normalized spacial score (nSPS) is 26.9. The highest BCUT2D eigenvalue weighted by molar-refractivity contribution is 5.52. The third-order valence-electron chi connectivity index (χ3n) is 3.93. The Morgan fingerprint density at radius 3 is 2.94 bits per heavy atom. The first-order chi connectivity index (χ1) is 8.23. The Labute approximate surface area is 102 Å². The Kier molecular flexibility index (Phi) is 2.56. The van der Waals surface area contributed by atoms with Crippen molar-refractivity contribution in [1.82, 2.24) is 4.98 Å². The van der Waals surface area contributed by atoms with E-state index in [-0.39, 0.29) is 5.60 Å². The van der Waals surface area contributed by atoms with Crippen LogP contribution < -0.4 is 4.90 Å². The Morgan fingerprint density at radius 2 is 2.29 bits per heavy atom. The van der Waals surface area contributed by atoms with Gasteiger partial charge in [-0.15, -0.1) is 0 Å². The number of anilines is 1. The van der Waals surface area contributed by atoms with Crippen LogP contribution in [0.2, 0.25) is 0 Å². The Hall–Kier alpha value is -1.13. The van der Waals surface area contributed by atoms with E-state index in [0.29, 0.717) is 19.3 Å². The SMILES string of the molecule is Cc1ncccc1N1CCOC2(COC2)C1C. The van der Waals surface area contributed by atoms with Crippen molar-refractivity contribution in [1.29, 1.82) is 0 Å². The zero-order valence-electron chi connectivity index (χ0n) is 10.3. The number of morpholine rings is 1. The summed E-state index contributed by atoms with van der Waals surface area (Å²) in [5.74, 6) is 0. The van der Waals surface area contributed by atoms with Crippen molar-refractivity contribution >= 4 is 5.69 Å². The summed E-state index contributed by atoms with van der Waals surface area (Å²) in [5.41, 5.74) is 2.20. The zero-order chi connectivity index (χ0) is 11.9. The van der Waals surface area contributed by atoms with Gasteiger partial charge in [0.05, 0.1) is 37.2 Å². The topological polar surface area (TPSA) is 34.6 Å². The van der Waals surface area contributed by atoms with Crippen molar-refractivity contribution in [3.05, 3.63) is 24.0 Å².